The molecule has 0 saturated heterocycles. The largest absolute Gasteiger partial charge is 0.501 e. The minimum atomic E-state index is -5.72. The van der Waals surface area contributed by atoms with Gasteiger partial charge in [0.15, 0.2) is 0 Å². The van der Waals surface area contributed by atoms with Crippen LogP contribution in [0.5, 0.6) is 5.75 Å². The Hall–Kier alpha value is -3.19. The number of carbonyl (C=O) groups is 1. The Morgan fingerprint density at radius 3 is 2.52 bits per heavy atom. The number of fused-ring (bicyclic) bond motifs is 2. The molecule has 1 amide bonds. The molecule has 13 heteroatoms. The summed E-state index contributed by atoms with van der Waals surface area (Å²) in [5.74, 6) is -0.830. The van der Waals surface area contributed by atoms with Gasteiger partial charge in [0, 0.05) is 18.2 Å². The fraction of sp³-hybridized carbons (Fsp3) is 0.350. The quantitative estimate of drug-likeness (QED) is 0.522. The van der Waals surface area contributed by atoms with Crippen LogP contribution in [0.3, 0.4) is 0 Å². The van der Waals surface area contributed by atoms with Gasteiger partial charge in [-0.15, -0.1) is 0 Å². The summed E-state index contributed by atoms with van der Waals surface area (Å²) in [7, 11) is -5.72. The molecular weight excluding hydrogens is 469 g/mol. The van der Waals surface area contributed by atoms with Crippen LogP contribution < -0.4 is 4.74 Å². The van der Waals surface area contributed by atoms with E-state index in [4.69, 9.17) is 4.74 Å². The standard InChI is InChI=1S/C20H17F3N2O7S/c1-19(2)17(26)16(24-9-10-4-3-5-13(25(28)29)15(10)18(24)27)12-8-11(6-7-14(12)32-19)33(30,31)20(21,22)23/h3-8,16-17,26H,9H2,1-2H3/t16-,17+/m0/s1. The van der Waals surface area contributed by atoms with E-state index < -0.39 is 54.5 Å². The zero-order chi connectivity index (χ0) is 24.5. The second-order valence-corrected chi connectivity index (χ2v) is 10.2. The van der Waals surface area contributed by atoms with Gasteiger partial charge in [0.05, 0.1) is 15.9 Å². The highest BCUT2D eigenvalue weighted by atomic mass is 32.2. The van der Waals surface area contributed by atoms with E-state index in [0.29, 0.717) is 11.6 Å². The van der Waals surface area contributed by atoms with Crippen molar-refractivity contribution in [2.75, 3.05) is 0 Å². The number of nitro groups is 1. The fourth-order valence-corrected chi connectivity index (χ4v) is 4.92. The highest BCUT2D eigenvalue weighted by molar-refractivity contribution is 7.92. The first kappa shape index (κ1) is 23.0. The van der Waals surface area contributed by atoms with Crippen LogP contribution in [0, 0.1) is 10.1 Å². The summed E-state index contributed by atoms with van der Waals surface area (Å²) < 4.78 is 68.9. The van der Waals surface area contributed by atoms with Gasteiger partial charge in [-0.05, 0) is 37.6 Å². The molecule has 2 aromatic carbocycles. The number of alkyl halides is 3. The summed E-state index contributed by atoms with van der Waals surface area (Å²) >= 11 is 0. The second-order valence-electron chi connectivity index (χ2n) is 8.25. The van der Waals surface area contributed by atoms with Gasteiger partial charge in [0.2, 0.25) is 0 Å². The van der Waals surface area contributed by atoms with Crippen molar-refractivity contribution in [3.63, 3.8) is 0 Å². The number of nitrogens with zero attached hydrogens (tertiary/aromatic N) is 2. The molecule has 2 aliphatic rings. The lowest BCUT2D eigenvalue weighted by molar-refractivity contribution is -0.385. The maximum atomic E-state index is 13.2. The monoisotopic (exact) mass is 486 g/mol. The zero-order valence-electron chi connectivity index (χ0n) is 17.2. The van der Waals surface area contributed by atoms with Crippen LogP contribution in [0.25, 0.3) is 0 Å². The predicted octanol–water partition coefficient (Wildman–Crippen LogP) is 3.12. The van der Waals surface area contributed by atoms with Gasteiger partial charge in [-0.3, -0.25) is 14.9 Å². The molecule has 2 heterocycles. The maximum absolute atomic E-state index is 13.2. The zero-order valence-corrected chi connectivity index (χ0v) is 18.0. The third-order valence-corrected chi connectivity index (χ3v) is 7.26. The number of amides is 1. The molecule has 2 atom stereocenters. The van der Waals surface area contributed by atoms with E-state index >= 15 is 0 Å². The Bertz CT molecular complexity index is 1290. The van der Waals surface area contributed by atoms with Gasteiger partial charge in [0.1, 0.15) is 23.0 Å². The van der Waals surface area contributed by atoms with Crippen LogP contribution in [0.2, 0.25) is 0 Å². The molecule has 0 fully saturated rings. The lowest BCUT2D eigenvalue weighted by atomic mass is 9.85. The third kappa shape index (κ3) is 3.42. The van der Waals surface area contributed by atoms with Crippen LogP contribution in [0.1, 0.15) is 41.4 Å². The van der Waals surface area contributed by atoms with Gasteiger partial charge in [-0.25, -0.2) is 8.42 Å². The Morgan fingerprint density at radius 1 is 1.24 bits per heavy atom. The van der Waals surface area contributed by atoms with E-state index in [-0.39, 0.29) is 23.4 Å². The maximum Gasteiger partial charge on any atom is 0.501 e. The molecule has 0 saturated carbocycles. The van der Waals surface area contributed by atoms with Crippen molar-refractivity contribution in [2.45, 2.75) is 48.5 Å². The third-order valence-electron chi connectivity index (χ3n) is 5.78. The van der Waals surface area contributed by atoms with Crippen molar-refractivity contribution in [2.24, 2.45) is 0 Å². The number of benzene rings is 2. The number of hydrogen-bond donors (Lipinski definition) is 1. The van der Waals surface area contributed by atoms with Crippen molar-refractivity contribution in [3.8, 4) is 5.75 Å². The van der Waals surface area contributed by atoms with E-state index in [1.54, 1.807) is 0 Å². The molecule has 0 bridgehead atoms. The molecular formula is C20H17F3N2O7S. The van der Waals surface area contributed by atoms with Gasteiger partial charge >= 0.3 is 5.51 Å². The number of hydrogen-bond acceptors (Lipinski definition) is 7. The molecule has 4 rings (SSSR count). The van der Waals surface area contributed by atoms with Gasteiger partial charge < -0.3 is 14.7 Å². The Balaban J connectivity index is 1.88. The number of sulfone groups is 1. The summed E-state index contributed by atoms with van der Waals surface area (Å²) in [5.41, 5.74) is -7.38. The summed E-state index contributed by atoms with van der Waals surface area (Å²) in [6.45, 7) is 2.80. The van der Waals surface area contributed by atoms with Crippen LogP contribution in [-0.4, -0.2) is 46.5 Å². The molecule has 0 spiro atoms. The summed E-state index contributed by atoms with van der Waals surface area (Å²) in [6.07, 6.45) is -1.49. The number of halogens is 3. The van der Waals surface area contributed by atoms with Crippen LogP contribution in [0.4, 0.5) is 18.9 Å². The number of ether oxygens (including phenoxy) is 1. The number of aliphatic hydroxyl groups excluding tert-OH is 1. The fourth-order valence-electron chi connectivity index (χ4n) is 4.12. The van der Waals surface area contributed by atoms with Crippen molar-refractivity contribution in [1.29, 1.82) is 0 Å². The van der Waals surface area contributed by atoms with Crippen molar-refractivity contribution in [1.82, 2.24) is 4.90 Å². The molecule has 176 valence electrons. The Kier molecular flexibility index (Phi) is 4.98. The predicted molar refractivity (Wildman–Crippen MR) is 106 cm³/mol. The van der Waals surface area contributed by atoms with Crippen LogP contribution in [-0.2, 0) is 16.4 Å². The van der Waals surface area contributed by atoms with E-state index in [9.17, 15) is 41.6 Å². The van der Waals surface area contributed by atoms with Crippen LogP contribution in [0.15, 0.2) is 41.3 Å². The average Bonchev–Trinajstić information content (AvgIpc) is 3.04. The summed E-state index contributed by atoms with van der Waals surface area (Å²) in [5, 5.41) is 22.4. The SMILES string of the molecule is CC1(C)Oc2ccc(S(=O)(=O)C(F)(F)F)cc2[C@H](N2Cc3cccc([N+](=O)[O-])c3C2=O)[C@H]1O. The highest BCUT2D eigenvalue weighted by Gasteiger charge is 2.51. The molecule has 0 aliphatic carbocycles. The minimum absolute atomic E-state index is 0.0188. The molecule has 0 aromatic heterocycles. The molecule has 9 nitrogen and oxygen atoms in total. The number of carbonyl (C=O) groups excluding carboxylic acids is 1. The summed E-state index contributed by atoms with van der Waals surface area (Å²) in [6, 6.07) is 5.18. The smallest absolute Gasteiger partial charge is 0.485 e. The van der Waals surface area contributed by atoms with Gasteiger partial charge in [-0.2, -0.15) is 13.2 Å². The Morgan fingerprint density at radius 2 is 1.91 bits per heavy atom. The number of aliphatic hydroxyl groups is 1. The first-order valence-corrected chi connectivity index (χ1v) is 11.0. The van der Waals surface area contributed by atoms with Crippen molar-refractivity contribution >= 4 is 21.4 Å². The molecule has 0 unspecified atom stereocenters. The second kappa shape index (κ2) is 7.15. The topological polar surface area (TPSA) is 127 Å². The highest BCUT2D eigenvalue weighted by Crippen LogP contribution is 2.47. The van der Waals surface area contributed by atoms with E-state index in [2.05, 4.69) is 0 Å². The summed E-state index contributed by atoms with van der Waals surface area (Å²) in [4.78, 5) is 23.9. The minimum Gasteiger partial charge on any atom is -0.485 e. The number of nitro benzene ring substituents is 1. The molecule has 2 aliphatic heterocycles. The van der Waals surface area contributed by atoms with E-state index in [0.717, 1.165) is 23.1 Å². The van der Waals surface area contributed by atoms with Crippen LogP contribution >= 0.6 is 0 Å². The molecule has 0 radical (unpaired) electrons. The first-order chi connectivity index (χ1) is 15.2. The normalized spacial score (nSPS) is 21.9. The lowest BCUT2D eigenvalue weighted by Crippen LogP contribution is -2.53. The first-order valence-electron chi connectivity index (χ1n) is 9.56. The lowest BCUT2D eigenvalue weighted by Gasteiger charge is -2.45. The van der Waals surface area contributed by atoms with Crippen molar-refractivity contribution < 1.29 is 41.2 Å². The molecule has 1 N–H and O–H groups in total. The van der Waals surface area contributed by atoms with Gasteiger partial charge in [-0.1, -0.05) is 12.1 Å². The van der Waals surface area contributed by atoms with E-state index in [1.165, 1.54) is 26.0 Å². The Labute approximate surface area is 185 Å². The average molecular weight is 486 g/mol. The van der Waals surface area contributed by atoms with Gasteiger partial charge in [0.25, 0.3) is 21.4 Å². The number of rotatable bonds is 3. The van der Waals surface area contributed by atoms with E-state index in [1.807, 2.05) is 0 Å². The molecule has 33 heavy (non-hydrogen) atoms. The van der Waals surface area contributed by atoms with Crippen molar-refractivity contribution in [3.05, 3.63) is 63.2 Å². The molecule has 2 aromatic rings.